The lowest BCUT2D eigenvalue weighted by atomic mass is 9.33. The molecule has 8 heteroatoms. The Morgan fingerprint density at radius 1 is 0.286 bits per heavy atom. The summed E-state index contributed by atoms with van der Waals surface area (Å²) < 4.78 is 7.31. The van der Waals surface area contributed by atoms with Crippen LogP contribution in [0.25, 0.3) is 93.6 Å². The Hall–Kier alpha value is -11.3. The summed E-state index contributed by atoms with van der Waals surface area (Å²) in [4.78, 5) is 5.06. The molecule has 98 heavy (non-hydrogen) atoms. The molecule has 0 N–H and O–H groups in total. The number of nitrogens with zero attached hydrogens (tertiary/aromatic N) is 7. The molecular weight excluding hydrogens is 1190 g/mol. The van der Waals surface area contributed by atoms with Gasteiger partial charge in [0.2, 0.25) is 0 Å². The van der Waals surface area contributed by atoms with Crippen LogP contribution in [-0.4, -0.2) is 20.4 Å². The van der Waals surface area contributed by atoms with E-state index >= 15 is 0 Å². The van der Waals surface area contributed by atoms with Crippen LogP contribution in [0.2, 0.25) is 0 Å². The predicted molar refractivity (Wildman–Crippen MR) is 413 cm³/mol. The highest BCUT2D eigenvalue weighted by Gasteiger charge is 2.46. The Morgan fingerprint density at radius 3 is 1.24 bits per heavy atom. The van der Waals surface area contributed by atoms with Crippen molar-refractivity contribution in [1.29, 1.82) is 10.5 Å². The third-order valence-corrected chi connectivity index (χ3v) is 21.0. The molecule has 5 heterocycles. The smallest absolute Gasteiger partial charge is 0.252 e. The molecule has 0 spiro atoms. The van der Waals surface area contributed by atoms with Crippen LogP contribution in [0.1, 0.15) is 116 Å². The quantitative estimate of drug-likeness (QED) is 0.156. The number of para-hydroxylation sites is 4. The highest BCUT2D eigenvalue weighted by molar-refractivity contribution is 7.00. The summed E-state index contributed by atoms with van der Waals surface area (Å²) in [6.07, 6.45) is 0. The van der Waals surface area contributed by atoms with Crippen LogP contribution in [0.15, 0.2) is 243 Å². The van der Waals surface area contributed by atoms with Gasteiger partial charge in [0.05, 0.1) is 67.7 Å². The van der Waals surface area contributed by atoms with Crippen LogP contribution < -0.4 is 26.2 Å². The highest BCUT2D eigenvalue weighted by atomic mass is 15.2. The van der Waals surface area contributed by atoms with Crippen molar-refractivity contribution in [3.63, 3.8) is 0 Å². The molecule has 17 rings (SSSR count). The summed E-state index contributed by atoms with van der Waals surface area (Å²) in [5, 5.41) is 29.7. The molecule has 0 saturated heterocycles. The molecule has 2 aliphatic heterocycles. The van der Waals surface area contributed by atoms with Crippen LogP contribution in [0, 0.1) is 22.7 Å². The first-order valence-electron chi connectivity index (χ1n) is 34.4. The molecule has 474 valence electrons. The summed E-state index contributed by atoms with van der Waals surface area (Å²) in [5.41, 5.74) is 26.2. The number of nitriles is 2. The number of anilines is 6. The van der Waals surface area contributed by atoms with Crippen molar-refractivity contribution in [3.05, 3.63) is 276 Å². The zero-order valence-corrected chi connectivity index (χ0v) is 57.8. The molecule has 3 aromatic heterocycles. The van der Waals surface area contributed by atoms with Gasteiger partial charge in [-0.1, -0.05) is 210 Å². The Kier molecular flexibility index (Phi) is 13.3. The van der Waals surface area contributed by atoms with Crippen molar-refractivity contribution in [1.82, 2.24) is 13.7 Å². The molecule has 0 bridgehead atoms. The van der Waals surface area contributed by atoms with E-state index in [4.69, 9.17) is 0 Å². The minimum absolute atomic E-state index is 0.0865. The second-order valence-corrected chi connectivity index (χ2v) is 31.3. The van der Waals surface area contributed by atoms with Gasteiger partial charge in [0.15, 0.2) is 0 Å². The van der Waals surface area contributed by atoms with Crippen molar-refractivity contribution >= 4 is 123 Å². The van der Waals surface area contributed by atoms with Gasteiger partial charge in [-0.25, -0.2) is 0 Å². The van der Waals surface area contributed by atoms with Crippen LogP contribution >= 0.6 is 0 Å². The van der Waals surface area contributed by atoms with E-state index in [1.807, 2.05) is 0 Å². The molecule has 0 radical (unpaired) electrons. The van der Waals surface area contributed by atoms with Crippen molar-refractivity contribution in [3.8, 4) is 40.3 Å². The third kappa shape index (κ3) is 9.29. The molecule has 2 aliphatic rings. The molecule has 15 aromatic rings. The van der Waals surface area contributed by atoms with Gasteiger partial charge in [-0.05, 0) is 187 Å². The Balaban J connectivity index is 1.07. The summed E-state index contributed by atoms with van der Waals surface area (Å²) >= 11 is 0. The fraction of sp³-hybridized carbons (Fsp3) is 0.178. The largest absolute Gasteiger partial charge is 0.309 e. The van der Waals surface area contributed by atoms with E-state index in [1.54, 1.807) is 0 Å². The molecule has 7 nitrogen and oxygen atoms in total. The van der Waals surface area contributed by atoms with Gasteiger partial charge < -0.3 is 23.5 Å². The zero-order valence-electron chi connectivity index (χ0n) is 57.8. The topological polar surface area (TPSA) is 68.8 Å². The van der Waals surface area contributed by atoms with Gasteiger partial charge in [0.25, 0.3) is 6.71 Å². The van der Waals surface area contributed by atoms with Gasteiger partial charge in [-0.3, -0.25) is 0 Å². The standard InChI is InChI=1S/C90H76BN7/c1-87(2,3)59-25-23-24-57(46-59)58-34-39-78-73(47-58)91-72-38-37-65(94-74-32-21-19-30-66(74)67-31-20-22-33-75(67)94)52-79(72)98(83-45-56(54-93)43-71-69-49-61(89(7,8)9)36-41-77(69)96(86(71)83)64-28-17-14-18-29-64)81-51-62(90(10,11)12)50-80(84(81)91)97(78)82-44-55(53-92)42-70-68-48-60(88(4,5)6)35-40-76(68)95(85(70)82)63-26-15-13-16-27-63/h13-52H,1-12H3. The second kappa shape index (κ2) is 21.6. The monoisotopic (exact) mass is 1270 g/mol. The van der Waals surface area contributed by atoms with E-state index in [2.05, 4.69) is 361 Å². The van der Waals surface area contributed by atoms with Crippen LogP contribution in [0.4, 0.5) is 34.1 Å². The minimum atomic E-state index is -0.385. The summed E-state index contributed by atoms with van der Waals surface area (Å²) in [6, 6.07) is 95.2. The average Bonchev–Trinajstić information content (AvgIpc) is 1.01. The lowest BCUT2D eigenvalue weighted by Crippen LogP contribution is -2.61. The first-order chi connectivity index (χ1) is 47.0. The van der Waals surface area contributed by atoms with E-state index in [-0.39, 0.29) is 28.4 Å². The number of fused-ring (bicyclic) bond motifs is 13. The van der Waals surface area contributed by atoms with E-state index in [9.17, 15) is 10.5 Å². The Labute approximate surface area is 574 Å². The van der Waals surface area contributed by atoms with E-state index < -0.39 is 0 Å². The molecule has 12 aromatic carbocycles. The molecule has 0 aliphatic carbocycles. The van der Waals surface area contributed by atoms with Gasteiger partial charge in [0, 0.05) is 72.1 Å². The highest BCUT2D eigenvalue weighted by Crippen LogP contribution is 2.53. The predicted octanol–water partition coefficient (Wildman–Crippen LogP) is 21.7. The van der Waals surface area contributed by atoms with Crippen molar-refractivity contribution < 1.29 is 0 Å². The zero-order chi connectivity index (χ0) is 67.6. The maximum Gasteiger partial charge on any atom is 0.252 e. The lowest BCUT2D eigenvalue weighted by molar-refractivity contribution is 0.590. The molecule has 0 atom stereocenters. The lowest BCUT2D eigenvalue weighted by Gasteiger charge is -2.45. The minimum Gasteiger partial charge on any atom is -0.309 e. The normalized spacial score (nSPS) is 13.2. The first-order valence-corrected chi connectivity index (χ1v) is 34.4. The Bertz CT molecular complexity index is 5900. The van der Waals surface area contributed by atoms with E-state index in [0.29, 0.717) is 11.1 Å². The van der Waals surface area contributed by atoms with Gasteiger partial charge in [-0.15, -0.1) is 0 Å². The summed E-state index contributed by atoms with van der Waals surface area (Å²) in [5.74, 6) is 0. The van der Waals surface area contributed by atoms with Crippen LogP contribution in [0.3, 0.4) is 0 Å². The number of hydrogen-bond donors (Lipinski definition) is 0. The molecule has 0 fully saturated rings. The number of hydrogen-bond acceptors (Lipinski definition) is 4. The summed E-state index contributed by atoms with van der Waals surface area (Å²) in [6.45, 7) is 27.2. The maximum absolute atomic E-state index is 11.6. The molecule has 0 amide bonds. The SMILES string of the molecule is CC(C)(C)c1cccc(-c2ccc3c(c2)B2c4ccc(-n5c6ccccc6c6ccccc65)cc4N(c4cc(C#N)cc5c6cc(C(C)(C)C)ccc6n(-c6ccccc6)c45)c4cc(C(C)(C)C)cc(c42)N3c2cc(C#N)cc3c4cc(C(C)(C)C)ccc4n(-c4ccccc4)c23)c1. The van der Waals surface area contributed by atoms with Crippen molar-refractivity contribution in [2.24, 2.45) is 0 Å². The van der Waals surface area contributed by atoms with Gasteiger partial charge >= 0.3 is 0 Å². The number of benzene rings is 12. The van der Waals surface area contributed by atoms with E-state index in [0.717, 1.165) is 139 Å². The summed E-state index contributed by atoms with van der Waals surface area (Å²) in [7, 11) is 0. The van der Waals surface area contributed by atoms with Crippen molar-refractivity contribution in [2.45, 2.75) is 105 Å². The third-order valence-electron chi connectivity index (χ3n) is 21.0. The molecule has 0 saturated carbocycles. The first kappa shape index (κ1) is 60.4. The fourth-order valence-corrected chi connectivity index (χ4v) is 16.0. The maximum atomic E-state index is 11.6. The van der Waals surface area contributed by atoms with Gasteiger partial charge in [0.1, 0.15) is 0 Å². The van der Waals surface area contributed by atoms with Gasteiger partial charge in [-0.2, -0.15) is 10.5 Å². The average molecular weight is 1270 g/mol. The molecular formula is C90H76BN7. The number of rotatable bonds is 6. The van der Waals surface area contributed by atoms with Crippen LogP contribution in [0.5, 0.6) is 0 Å². The molecule has 0 unspecified atom stereocenters. The van der Waals surface area contributed by atoms with E-state index in [1.165, 1.54) is 27.5 Å². The fourth-order valence-electron chi connectivity index (χ4n) is 16.0. The van der Waals surface area contributed by atoms with Crippen molar-refractivity contribution in [2.75, 3.05) is 9.80 Å². The van der Waals surface area contributed by atoms with Crippen LogP contribution in [-0.2, 0) is 21.7 Å². The number of aromatic nitrogens is 3. The Morgan fingerprint density at radius 2 is 0.745 bits per heavy atom. The second-order valence-electron chi connectivity index (χ2n) is 31.3.